The second kappa shape index (κ2) is 46.9. The molecule has 9 aromatic rings. The zero-order valence-corrected chi connectivity index (χ0v) is 65.0. The molecule has 0 saturated carbocycles. The van der Waals surface area contributed by atoms with Crippen LogP contribution in [0.5, 0.6) is 69.0 Å². The molecule has 4 unspecified atom stereocenters. The van der Waals surface area contributed by atoms with Crippen LogP contribution in [0.25, 0.3) is 21.9 Å². The second-order valence-electron chi connectivity index (χ2n) is 24.3. The van der Waals surface area contributed by atoms with E-state index in [4.69, 9.17) is 83.5 Å². The average Bonchev–Trinajstić information content (AvgIpc) is 1.26. The van der Waals surface area contributed by atoms with E-state index in [1.165, 1.54) is 151 Å². The number of carbonyl (C=O) groups is 9. The monoisotopic (exact) mass is 1630 g/mol. The molecule has 2 aliphatic heterocycles. The Bertz CT molecular complexity index is 4980. The molecule has 116 heavy (non-hydrogen) atoms. The van der Waals surface area contributed by atoms with Crippen molar-refractivity contribution < 1.29 is 150 Å². The molecule has 0 spiro atoms. The van der Waals surface area contributed by atoms with E-state index in [9.17, 15) is 78.3 Å². The predicted molar refractivity (Wildman–Crippen MR) is 414 cm³/mol. The van der Waals surface area contributed by atoms with Gasteiger partial charge < -0.3 is 107 Å². The van der Waals surface area contributed by atoms with Gasteiger partial charge in [-0.05, 0) is 165 Å². The van der Waals surface area contributed by atoms with Gasteiger partial charge in [-0.3, -0.25) is 38.4 Å². The third kappa shape index (κ3) is 30.5. The fraction of sp³-hybridized carbons (Fsp3) is 0.305. The van der Waals surface area contributed by atoms with Crippen LogP contribution >= 0.6 is 11.6 Å². The molecule has 11 rings (SSSR count). The molecule has 2 aromatic heterocycles. The first-order valence-corrected chi connectivity index (χ1v) is 35.7. The standard InChI is InChI=1S/C27H24O11.C19H20O7.C11H12O4.2C8H8O3.C6H10O4.C3H5ClO/c1-3-34-27(32)25-11-19(30)26-22(5-4-6-23(26)38-25)36-13-15(28)12-35-16-7-8-21-17(9-16)18(29)10-24(37-21)20(31)14-33-2;1-11(20)15-8-14(6-7-16(15)23)25-9-13(22)10-26-18-5-3-4-17(24)19(18)12(2)21;1-7(12)10-4-8(2-3-11(10)13)14-5-9-6-15-9;1-5(9)7-4-6(10)2-3-8(7)11;1-5(9)8-6(10)3-2-4-7(8)11;1-3-9-5(7)6(8)10-4-2;4-1-3-2-5-3/h4-11,15,28H,3,12-14H2,1-2H3;3-8,13,22-24H,9-10H2,1-2H3;2-4,9,13H,5-6H2,1H3;2*2-4,10-11H,1H3;3-4H2,1-2H3;3H,1-2H2. The summed E-state index contributed by atoms with van der Waals surface area (Å²) in [4.78, 5) is 125. The Kier molecular flexibility index (Phi) is 37.9. The first-order valence-electron chi connectivity index (χ1n) is 35.2. The van der Waals surface area contributed by atoms with Crippen LogP contribution in [0.1, 0.15) is 128 Å². The molecular formula is C82H87ClO33. The number of methoxy groups -OCH3 is 1. The van der Waals surface area contributed by atoms with Crippen molar-refractivity contribution in [3.05, 3.63) is 199 Å². The topological polar surface area (TPSA) is 504 Å². The summed E-state index contributed by atoms with van der Waals surface area (Å²) in [5.41, 5.74) is -0.0235. The summed E-state index contributed by atoms with van der Waals surface area (Å²) in [6, 6.07) is 32.5. The first-order chi connectivity index (χ1) is 55.1. The number of phenolic OH excluding ortho intramolecular Hbond substituents is 7. The molecule has 7 aromatic carbocycles. The number of esters is 3. The maximum Gasteiger partial charge on any atom is 0.417 e. The van der Waals surface area contributed by atoms with Gasteiger partial charge in [-0.15, -0.1) is 11.6 Å². The number of Topliss-reactive ketones (excluding diaryl/α,β-unsaturated/α-hetero) is 6. The third-order valence-corrected chi connectivity index (χ3v) is 15.4. The Hall–Kier alpha value is -12.9. The SMILES string of the molecule is CC(=O)c1c(O)cccc1O.CC(=O)c1cc(O)ccc1O.CC(=O)c1cc(OCC(O)COc2cccc(O)c2C(C)=O)ccc1O.CC(=O)c1cc(OCC2CO2)ccc1O.CCOC(=O)C(=O)OCC.CCOC(=O)c1cc(=O)c2c(OCC(O)COc3ccc4oc(C(=O)COC)cc(=O)c4c3)cccc2o1.ClCC1CO1. The van der Waals surface area contributed by atoms with Gasteiger partial charge in [-0.1, -0.05) is 18.2 Å². The molecule has 620 valence electrons. The van der Waals surface area contributed by atoms with Gasteiger partial charge in [0.15, 0.2) is 45.5 Å². The van der Waals surface area contributed by atoms with Crippen LogP contribution in [-0.4, -0.2) is 209 Å². The molecular weight excluding hydrogens is 1550 g/mol. The van der Waals surface area contributed by atoms with Crippen LogP contribution in [-0.2, 0) is 38.0 Å². The number of hydrogen-bond donors (Lipinski definition) is 9. The minimum absolute atomic E-state index is 0.0162. The zero-order chi connectivity index (χ0) is 85.9. The van der Waals surface area contributed by atoms with E-state index in [0.717, 1.165) is 25.3 Å². The third-order valence-electron chi connectivity index (χ3n) is 15.1. The highest BCUT2D eigenvalue weighted by Crippen LogP contribution is 2.31. The number of rotatable bonds is 28. The fourth-order valence-corrected chi connectivity index (χ4v) is 9.55. The van der Waals surface area contributed by atoms with Gasteiger partial charge in [0.2, 0.25) is 11.5 Å². The van der Waals surface area contributed by atoms with Crippen molar-refractivity contribution in [2.75, 3.05) is 85.7 Å². The van der Waals surface area contributed by atoms with Gasteiger partial charge >= 0.3 is 17.9 Å². The summed E-state index contributed by atoms with van der Waals surface area (Å²) in [6.45, 7) is 13.2. The Morgan fingerprint density at radius 1 is 0.448 bits per heavy atom. The van der Waals surface area contributed by atoms with E-state index >= 15 is 0 Å². The Morgan fingerprint density at radius 2 is 0.879 bits per heavy atom. The largest absolute Gasteiger partial charge is 0.508 e. The number of phenols is 7. The number of aliphatic hydroxyl groups is 2. The van der Waals surface area contributed by atoms with Gasteiger partial charge in [0.05, 0.1) is 67.1 Å². The number of alkyl halides is 1. The van der Waals surface area contributed by atoms with Crippen LogP contribution in [0.4, 0.5) is 0 Å². The quantitative estimate of drug-likeness (QED) is 0.00419. The molecule has 34 heteroatoms. The summed E-state index contributed by atoms with van der Waals surface area (Å²) in [7, 11) is 1.36. The first kappa shape index (κ1) is 93.7. The van der Waals surface area contributed by atoms with Crippen molar-refractivity contribution in [1.82, 2.24) is 0 Å². The number of aromatic hydroxyl groups is 7. The van der Waals surface area contributed by atoms with Crippen LogP contribution in [0, 0.1) is 0 Å². The number of aliphatic hydroxyl groups excluding tert-OH is 2. The van der Waals surface area contributed by atoms with Crippen molar-refractivity contribution in [3.63, 3.8) is 0 Å². The normalized spacial score (nSPS) is 12.9. The van der Waals surface area contributed by atoms with Crippen LogP contribution in [0.2, 0.25) is 0 Å². The van der Waals surface area contributed by atoms with Crippen LogP contribution in [0.3, 0.4) is 0 Å². The average molecular weight is 1640 g/mol. The lowest BCUT2D eigenvalue weighted by Crippen LogP contribution is -2.25. The van der Waals surface area contributed by atoms with Crippen molar-refractivity contribution in [1.29, 1.82) is 0 Å². The summed E-state index contributed by atoms with van der Waals surface area (Å²) < 4.78 is 66.4. The summed E-state index contributed by atoms with van der Waals surface area (Å²) in [5.74, 6) is -3.52. The molecule has 0 bridgehead atoms. The fourth-order valence-electron chi connectivity index (χ4n) is 9.37. The number of fused-ring (bicyclic) bond motifs is 2. The lowest BCUT2D eigenvalue weighted by Gasteiger charge is -2.16. The number of hydrogen-bond acceptors (Lipinski definition) is 33. The summed E-state index contributed by atoms with van der Waals surface area (Å²) in [5, 5.41) is 85.5. The van der Waals surface area contributed by atoms with E-state index in [1.807, 2.05) is 0 Å². The minimum atomic E-state index is -1.10. The summed E-state index contributed by atoms with van der Waals surface area (Å²) in [6.07, 6.45) is -1.54. The molecule has 33 nitrogen and oxygen atoms in total. The van der Waals surface area contributed by atoms with E-state index < -0.39 is 46.8 Å². The maximum atomic E-state index is 12.6. The molecule has 2 fully saturated rings. The Morgan fingerprint density at radius 3 is 1.34 bits per heavy atom. The van der Waals surface area contributed by atoms with E-state index in [2.05, 4.69) is 9.47 Å². The van der Waals surface area contributed by atoms with Crippen molar-refractivity contribution in [3.8, 4) is 69.0 Å². The molecule has 0 amide bonds. The van der Waals surface area contributed by atoms with Gasteiger partial charge in [0.1, 0.15) is 155 Å². The van der Waals surface area contributed by atoms with E-state index in [1.54, 1.807) is 39.0 Å². The Labute approximate surface area is 667 Å². The van der Waals surface area contributed by atoms with Crippen LogP contribution < -0.4 is 34.5 Å². The van der Waals surface area contributed by atoms with E-state index in [-0.39, 0.29) is 207 Å². The molecule has 2 saturated heterocycles. The molecule has 2 aliphatic rings. The number of halogens is 1. The number of ketones is 6. The van der Waals surface area contributed by atoms with Gasteiger partial charge in [0.25, 0.3) is 0 Å². The molecule has 4 atom stereocenters. The lowest BCUT2D eigenvalue weighted by atomic mass is 10.1. The summed E-state index contributed by atoms with van der Waals surface area (Å²) >= 11 is 5.27. The highest BCUT2D eigenvalue weighted by Gasteiger charge is 2.25. The van der Waals surface area contributed by atoms with E-state index in [0.29, 0.717) is 30.1 Å². The smallest absolute Gasteiger partial charge is 0.417 e. The zero-order valence-electron chi connectivity index (χ0n) is 64.3. The van der Waals surface area contributed by atoms with Gasteiger partial charge in [-0.2, -0.15) is 0 Å². The minimum Gasteiger partial charge on any atom is -0.508 e. The van der Waals surface area contributed by atoms with Crippen molar-refractivity contribution >= 4 is 86.1 Å². The number of ether oxygens (including phenoxy) is 11. The predicted octanol–water partition coefficient (Wildman–Crippen LogP) is 9.76. The lowest BCUT2D eigenvalue weighted by molar-refractivity contribution is -0.167. The van der Waals surface area contributed by atoms with Crippen molar-refractivity contribution in [2.45, 2.75) is 79.8 Å². The molecule has 0 radical (unpaired) electrons. The Balaban J connectivity index is 0.000000265. The molecule has 9 N–H and O–H groups in total. The maximum absolute atomic E-state index is 12.6. The van der Waals surface area contributed by atoms with Crippen molar-refractivity contribution in [2.24, 2.45) is 0 Å². The van der Waals surface area contributed by atoms with Crippen LogP contribution in [0.15, 0.2) is 158 Å². The second-order valence-corrected chi connectivity index (χ2v) is 24.7. The molecule has 4 heterocycles. The van der Waals surface area contributed by atoms with Gasteiger partial charge in [-0.25, -0.2) is 14.4 Å². The molecule has 0 aliphatic carbocycles. The van der Waals surface area contributed by atoms with Gasteiger partial charge in [0, 0.05) is 19.2 Å². The number of benzene rings is 7. The highest BCUT2D eigenvalue weighted by atomic mass is 35.5. The highest BCUT2D eigenvalue weighted by molar-refractivity contribution is 6.29. The number of carbonyl (C=O) groups excluding carboxylic acids is 9. The number of epoxide rings is 2.